The zero-order chi connectivity index (χ0) is 17.3. The van der Waals surface area contributed by atoms with Gasteiger partial charge in [-0.15, -0.1) is 0 Å². The lowest BCUT2D eigenvalue weighted by Gasteiger charge is -2.19. The summed E-state index contributed by atoms with van der Waals surface area (Å²) in [6.45, 7) is 2.25. The number of aliphatic hydroxyl groups is 1. The number of hydrogen-bond donors (Lipinski definition) is 1. The summed E-state index contributed by atoms with van der Waals surface area (Å²) in [7, 11) is 3.16. The molecule has 5 heteroatoms. The van der Waals surface area contributed by atoms with E-state index in [1.165, 1.54) is 12.0 Å². The second kappa shape index (κ2) is 6.63. The molecule has 24 heavy (non-hydrogen) atoms. The first-order valence-electron chi connectivity index (χ1n) is 7.86. The summed E-state index contributed by atoms with van der Waals surface area (Å²) in [6.07, 6.45) is -0.727. The van der Waals surface area contributed by atoms with E-state index in [1.54, 1.807) is 7.05 Å². The second-order valence-electron chi connectivity index (χ2n) is 6.01. The zero-order valence-electron chi connectivity index (χ0n) is 14.1. The number of amides is 1. The van der Waals surface area contributed by atoms with Crippen molar-refractivity contribution in [3.63, 3.8) is 0 Å². The average molecular weight is 327 g/mol. The van der Waals surface area contributed by atoms with Gasteiger partial charge in [0.05, 0.1) is 12.7 Å². The van der Waals surface area contributed by atoms with E-state index >= 15 is 0 Å². The monoisotopic (exact) mass is 327 g/mol. The fourth-order valence-corrected chi connectivity index (χ4v) is 2.97. The van der Waals surface area contributed by atoms with Crippen LogP contribution in [-0.2, 0) is 4.74 Å². The van der Waals surface area contributed by atoms with E-state index < -0.39 is 6.10 Å². The summed E-state index contributed by atoms with van der Waals surface area (Å²) >= 11 is 0. The number of methoxy groups -OCH3 is 1. The van der Waals surface area contributed by atoms with Crippen LogP contribution in [0.1, 0.15) is 16.1 Å². The number of nitrogens with zero attached hydrogens (tertiary/aromatic N) is 1. The van der Waals surface area contributed by atoms with Crippen LogP contribution in [0.2, 0.25) is 0 Å². The third kappa shape index (κ3) is 2.88. The molecule has 0 aliphatic heterocycles. The molecule has 1 N–H and O–H groups in total. The van der Waals surface area contributed by atoms with E-state index in [-0.39, 0.29) is 19.1 Å². The summed E-state index contributed by atoms with van der Waals surface area (Å²) < 4.78 is 10.8. The molecule has 0 radical (unpaired) electrons. The fourth-order valence-electron chi connectivity index (χ4n) is 2.97. The molecule has 0 aliphatic carbocycles. The molecule has 3 rings (SSSR count). The Kier molecular flexibility index (Phi) is 4.55. The number of likely N-dealkylation sites (N-methyl/N-ethyl adjacent to an activating group) is 1. The predicted molar refractivity (Wildman–Crippen MR) is 93.3 cm³/mol. The molecule has 0 saturated heterocycles. The quantitative estimate of drug-likeness (QED) is 0.782. The minimum Gasteiger partial charge on any atom is -0.450 e. The van der Waals surface area contributed by atoms with Gasteiger partial charge in [0.1, 0.15) is 5.58 Å². The van der Waals surface area contributed by atoms with E-state index in [2.05, 4.69) is 0 Å². The van der Waals surface area contributed by atoms with Crippen molar-refractivity contribution in [2.24, 2.45) is 0 Å². The number of carbonyl (C=O) groups is 1. The molecule has 0 saturated carbocycles. The molecule has 0 bridgehead atoms. The molecule has 2 aromatic carbocycles. The van der Waals surface area contributed by atoms with Gasteiger partial charge in [0.2, 0.25) is 0 Å². The minimum atomic E-state index is -0.727. The highest BCUT2D eigenvalue weighted by Crippen LogP contribution is 2.32. The normalized spacial score (nSPS) is 12.7. The number of furan rings is 1. The van der Waals surface area contributed by atoms with Crippen LogP contribution >= 0.6 is 0 Å². The SMILES string of the molecule is COCC(O)CN(C)C(=O)c1oc2c(ccc3ccccc32)c1C. The van der Waals surface area contributed by atoms with Gasteiger partial charge in [0, 0.05) is 37.0 Å². The van der Waals surface area contributed by atoms with Crippen LogP contribution in [0.25, 0.3) is 21.7 Å². The minimum absolute atomic E-state index is 0.182. The highest BCUT2D eigenvalue weighted by Gasteiger charge is 2.23. The van der Waals surface area contributed by atoms with Gasteiger partial charge in [0.25, 0.3) is 5.91 Å². The Balaban J connectivity index is 1.99. The summed E-state index contributed by atoms with van der Waals surface area (Å²) in [5.41, 5.74) is 1.54. The Morgan fingerprint density at radius 3 is 2.75 bits per heavy atom. The zero-order valence-corrected chi connectivity index (χ0v) is 14.1. The lowest BCUT2D eigenvalue weighted by molar-refractivity contribution is 0.0368. The smallest absolute Gasteiger partial charge is 0.289 e. The van der Waals surface area contributed by atoms with Crippen LogP contribution < -0.4 is 0 Å². The number of carbonyl (C=O) groups excluding carboxylic acids is 1. The standard InChI is InChI=1S/C19H21NO4/c1-12-15-9-8-13-6-4-5-7-16(13)18(15)24-17(12)19(22)20(2)10-14(21)11-23-3/h4-9,14,21H,10-11H2,1-3H3. The third-order valence-electron chi connectivity index (χ3n) is 4.21. The molecule has 1 atom stereocenters. The van der Waals surface area contributed by atoms with Crippen LogP contribution in [-0.4, -0.2) is 49.3 Å². The Hall–Kier alpha value is -2.37. The van der Waals surface area contributed by atoms with Crippen molar-refractivity contribution >= 4 is 27.6 Å². The van der Waals surface area contributed by atoms with E-state index in [1.807, 2.05) is 43.3 Å². The molecule has 0 fully saturated rings. The largest absolute Gasteiger partial charge is 0.450 e. The van der Waals surface area contributed by atoms with Crippen LogP contribution in [0, 0.1) is 6.92 Å². The molecule has 5 nitrogen and oxygen atoms in total. The molecule has 3 aromatic rings. The Labute approximate surface area is 140 Å². The predicted octanol–water partition coefficient (Wildman–Crippen LogP) is 2.97. The summed E-state index contributed by atoms with van der Waals surface area (Å²) in [5.74, 6) is 0.0661. The molecule has 1 aromatic heterocycles. The topological polar surface area (TPSA) is 62.9 Å². The van der Waals surface area contributed by atoms with Gasteiger partial charge in [0.15, 0.2) is 5.76 Å². The molecule has 0 spiro atoms. The Morgan fingerprint density at radius 2 is 2.00 bits per heavy atom. The Morgan fingerprint density at radius 1 is 1.25 bits per heavy atom. The molecule has 1 heterocycles. The lowest BCUT2D eigenvalue weighted by atomic mass is 10.1. The first-order chi connectivity index (χ1) is 11.5. The van der Waals surface area contributed by atoms with E-state index in [4.69, 9.17) is 9.15 Å². The molecular formula is C19H21NO4. The van der Waals surface area contributed by atoms with Crippen LogP contribution in [0.5, 0.6) is 0 Å². The van der Waals surface area contributed by atoms with Gasteiger partial charge in [-0.05, 0) is 12.3 Å². The molecule has 1 unspecified atom stereocenters. The van der Waals surface area contributed by atoms with Crippen molar-refractivity contribution in [2.75, 3.05) is 27.3 Å². The summed E-state index contributed by atoms with van der Waals surface area (Å²) in [6, 6.07) is 11.9. The maximum absolute atomic E-state index is 12.7. The number of aryl methyl sites for hydroxylation is 1. The van der Waals surface area contributed by atoms with Crippen molar-refractivity contribution in [1.29, 1.82) is 0 Å². The average Bonchev–Trinajstić information content (AvgIpc) is 2.91. The van der Waals surface area contributed by atoms with Crippen LogP contribution in [0.15, 0.2) is 40.8 Å². The van der Waals surface area contributed by atoms with Crippen LogP contribution in [0.4, 0.5) is 0 Å². The van der Waals surface area contributed by atoms with Crippen molar-refractivity contribution in [2.45, 2.75) is 13.0 Å². The maximum atomic E-state index is 12.7. The number of aliphatic hydroxyl groups excluding tert-OH is 1. The molecule has 126 valence electrons. The van der Waals surface area contributed by atoms with Gasteiger partial charge in [-0.25, -0.2) is 0 Å². The van der Waals surface area contributed by atoms with Crippen molar-refractivity contribution in [3.05, 3.63) is 47.7 Å². The van der Waals surface area contributed by atoms with Crippen LogP contribution in [0.3, 0.4) is 0 Å². The summed E-state index contributed by atoms with van der Waals surface area (Å²) in [4.78, 5) is 14.1. The third-order valence-corrected chi connectivity index (χ3v) is 4.21. The number of hydrogen-bond acceptors (Lipinski definition) is 4. The number of rotatable bonds is 5. The molecule has 1 amide bonds. The van der Waals surface area contributed by atoms with Gasteiger partial charge in [-0.3, -0.25) is 4.79 Å². The summed E-state index contributed by atoms with van der Waals surface area (Å²) in [5, 5.41) is 12.8. The van der Waals surface area contributed by atoms with Gasteiger partial charge < -0.3 is 19.2 Å². The highest BCUT2D eigenvalue weighted by molar-refractivity contribution is 6.08. The highest BCUT2D eigenvalue weighted by atomic mass is 16.5. The Bertz CT molecular complexity index is 884. The first kappa shape index (κ1) is 16.5. The number of ether oxygens (including phenoxy) is 1. The van der Waals surface area contributed by atoms with Crippen molar-refractivity contribution in [1.82, 2.24) is 4.90 Å². The van der Waals surface area contributed by atoms with E-state index in [0.29, 0.717) is 5.76 Å². The number of fused-ring (bicyclic) bond motifs is 3. The van der Waals surface area contributed by atoms with Crippen molar-refractivity contribution < 1.29 is 19.1 Å². The van der Waals surface area contributed by atoms with Gasteiger partial charge >= 0.3 is 0 Å². The molecule has 0 aliphatic rings. The number of benzene rings is 2. The lowest BCUT2D eigenvalue weighted by Crippen LogP contribution is -2.36. The second-order valence-corrected chi connectivity index (χ2v) is 6.01. The fraction of sp³-hybridized carbons (Fsp3) is 0.316. The van der Waals surface area contributed by atoms with E-state index in [9.17, 15) is 9.90 Å². The molecular weight excluding hydrogens is 306 g/mol. The van der Waals surface area contributed by atoms with Gasteiger partial charge in [-0.1, -0.05) is 36.4 Å². The van der Waals surface area contributed by atoms with Crippen molar-refractivity contribution in [3.8, 4) is 0 Å². The first-order valence-corrected chi connectivity index (χ1v) is 7.86. The van der Waals surface area contributed by atoms with Gasteiger partial charge in [-0.2, -0.15) is 0 Å². The maximum Gasteiger partial charge on any atom is 0.289 e. The van der Waals surface area contributed by atoms with E-state index in [0.717, 1.165) is 27.3 Å².